The van der Waals surface area contributed by atoms with Crippen molar-refractivity contribution in [3.05, 3.63) is 59.3 Å². The van der Waals surface area contributed by atoms with Gasteiger partial charge in [0.05, 0.1) is 22.9 Å². The van der Waals surface area contributed by atoms with Crippen LogP contribution in [0.5, 0.6) is 0 Å². The minimum Gasteiger partial charge on any atom is -0.369 e. The largest absolute Gasteiger partial charge is 0.369 e. The van der Waals surface area contributed by atoms with Crippen LogP contribution in [-0.4, -0.2) is 52.9 Å². The van der Waals surface area contributed by atoms with Crippen molar-refractivity contribution in [3.63, 3.8) is 0 Å². The molecule has 3 aromatic rings. The molecule has 0 saturated carbocycles. The number of nitrogens with zero attached hydrogens (tertiary/aromatic N) is 4. The van der Waals surface area contributed by atoms with Gasteiger partial charge < -0.3 is 10.1 Å². The van der Waals surface area contributed by atoms with Gasteiger partial charge in [-0.25, -0.2) is 22.3 Å². The number of aromatic nitrogens is 3. The maximum atomic E-state index is 13.3. The van der Waals surface area contributed by atoms with Gasteiger partial charge in [0.15, 0.2) is 5.65 Å². The fourth-order valence-electron chi connectivity index (χ4n) is 3.57. The zero-order chi connectivity index (χ0) is 22.2. The second-order valence-electron chi connectivity index (χ2n) is 7.31. The van der Waals surface area contributed by atoms with Crippen LogP contribution in [0.2, 0.25) is 0 Å². The van der Waals surface area contributed by atoms with Gasteiger partial charge in [-0.1, -0.05) is 0 Å². The molecular formula is C20H22FN5O4S. The summed E-state index contributed by atoms with van der Waals surface area (Å²) in [5, 5.41) is 7.23. The molecule has 1 aromatic carbocycles. The van der Waals surface area contributed by atoms with Gasteiger partial charge in [-0.2, -0.15) is 9.40 Å². The number of carbonyl (C=O) groups is 1. The fourth-order valence-corrected chi connectivity index (χ4v) is 4.99. The van der Waals surface area contributed by atoms with Crippen LogP contribution in [-0.2, 0) is 26.1 Å². The summed E-state index contributed by atoms with van der Waals surface area (Å²) in [4.78, 5) is 15.8. The number of rotatable bonds is 5. The van der Waals surface area contributed by atoms with E-state index in [1.807, 2.05) is 13.0 Å². The summed E-state index contributed by atoms with van der Waals surface area (Å²) in [6, 6.07) is 6.55. The molecule has 1 aliphatic heterocycles. The van der Waals surface area contributed by atoms with E-state index in [-0.39, 0.29) is 37.0 Å². The predicted octanol–water partition coefficient (Wildman–Crippen LogP) is 1.58. The molecule has 1 saturated heterocycles. The highest BCUT2D eigenvalue weighted by Gasteiger charge is 2.34. The summed E-state index contributed by atoms with van der Waals surface area (Å²) in [7, 11) is -3.83. The lowest BCUT2D eigenvalue weighted by Gasteiger charge is -2.33. The SMILES string of the molecule is CC(=O)NCc1cnc2cc(C)nn2c1[C@H]1CN(S(=O)(=O)c2ccc(F)cc2)CCO1. The lowest BCUT2D eigenvalue weighted by atomic mass is 10.1. The van der Waals surface area contributed by atoms with Crippen molar-refractivity contribution in [1.29, 1.82) is 0 Å². The summed E-state index contributed by atoms with van der Waals surface area (Å²) < 4.78 is 48.3. The number of aryl methyl sites for hydroxylation is 1. The van der Waals surface area contributed by atoms with E-state index in [9.17, 15) is 17.6 Å². The van der Waals surface area contributed by atoms with Crippen LogP contribution in [0.25, 0.3) is 5.65 Å². The summed E-state index contributed by atoms with van der Waals surface area (Å²) in [6.45, 7) is 3.84. The third-order valence-electron chi connectivity index (χ3n) is 5.04. The van der Waals surface area contributed by atoms with Crippen LogP contribution in [0.3, 0.4) is 0 Å². The van der Waals surface area contributed by atoms with E-state index in [0.29, 0.717) is 16.9 Å². The Labute approximate surface area is 178 Å². The van der Waals surface area contributed by atoms with Gasteiger partial charge in [-0.3, -0.25) is 4.79 Å². The van der Waals surface area contributed by atoms with Gasteiger partial charge in [-0.05, 0) is 31.2 Å². The van der Waals surface area contributed by atoms with E-state index in [4.69, 9.17) is 4.74 Å². The zero-order valence-corrected chi connectivity index (χ0v) is 17.9. The van der Waals surface area contributed by atoms with E-state index >= 15 is 0 Å². The van der Waals surface area contributed by atoms with E-state index < -0.39 is 21.9 Å². The molecule has 31 heavy (non-hydrogen) atoms. The number of benzene rings is 1. The average molecular weight is 447 g/mol. The average Bonchev–Trinajstić information content (AvgIpc) is 3.12. The van der Waals surface area contributed by atoms with Crippen molar-refractivity contribution in [1.82, 2.24) is 24.2 Å². The molecule has 9 nitrogen and oxygen atoms in total. The van der Waals surface area contributed by atoms with Gasteiger partial charge in [-0.15, -0.1) is 0 Å². The molecule has 11 heteroatoms. The number of halogens is 1. The molecule has 1 fully saturated rings. The monoisotopic (exact) mass is 447 g/mol. The van der Waals surface area contributed by atoms with Gasteiger partial charge >= 0.3 is 0 Å². The first kappa shape index (κ1) is 21.3. The Bertz CT molecular complexity index is 1230. The van der Waals surface area contributed by atoms with E-state index in [0.717, 1.165) is 17.8 Å². The molecule has 164 valence electrons. The quantitative estimate of drug-likeness (QED) is 0.637. The standard InChI is InChI=1S/C20H22FN5O4S/c1-13-9-19-23-11-15(10-22-14(2)27)20(26(19)24-13)18-12-25(7-8-30-18)31(28,29)17-5-3-16(21)4-6-17/h3-6,9,11,18H,7-8,10,12H2,1-2H3,(H,22,27)/t18-/m1/s1. The van der Waals surface area contributed by atoms with Crippen molar-refractivity contribution in [2.24, 2.45) is 0 Å². The molecule has 2 aromatic heterocycles. The van der Waals surface area contributed by atoms with Crippen LogP contribution < -0.4 is 5.32 Å². The molecule has 4 rings (SSSR count). The lowest BCUT2D eigenvalue weighted by Crippen LogP contribution is -2.43. The number of hydrogen-bond donors (Lipinski definition) is 1. The van der Waals surface area contributed by atoms with Gasteiger partial charge in [0.25, 0.3) is 0 Å². The van der Waals surface area contributed by atoms with Gasteiger partial charge in [0.1, 0.15) is 11.9 Å². The Kier molecular flexibility index (Phi) is 5.73. The highest BCUT2D eigenvalue weighted by Crippen LogP contribution is 2.29. The topological polar surface area (TPSA) is 106 Å². The Hall–Kier alpha value is -2.89. The normalized spacial score (nSPS) is 17.7. The Morgan fingerprint density at radius 1 is 1.32 bits per heavy atom. The van der Waals surface area contributed by atoms with Crippen LogP contribution in [0.15, 0.2) is 41.4 Å². The summed E-state index contributed by atoms with van der Waals surface area (Å²) in [5.41, 5.74) is 2.65. The first-order valence-electron chi connectivity index (χ1n) is 9.71. The smallest absolute Gasteiger partial charge is 0.243 e. The number of nitrogens with one attached hydrogen (secondary N) is 1. The van der Waals surface area contributed by atoms with Crippen molar-refractivity contribution in [2.45, 2.75) is 31.4 Å². The molecule has 0 spiro atoms. The molecule has 0 bridgehead atoms. The minimum atomic E-state index is -3.83. The molecule has 1 aliphatic rings. The first-order valence-corrected chi connectivity index (χ1v) is 11.2. The second kappa shape index (κ2) is 8.33. The van der Waals surface area contributed by atoms with Crippen LogP contribution in [0, 0.1) is 12.7 Å². The van der Waals surface area contributed by atoms with Crippen molar-refractivity contribution in [2.75, 3.05) is 19.7 Å². The molecular weight excluding hydrogens is 425 g/mol. The molecule has 0 aliphatic carbocycles. The molecule has 1 atom stereocenters. The van der Waals surface area contributed by atoms with Gasteiger partial charge in [0.2, 0.25) is 15.9 Å². The number of fused-ring (bicyclic) bond motifs is 1. The van der Waals surface area contributed by atoms with Crippen molar-refractivity contribution < 1.29 is 22.3 Å². The molecule has 1 N–H and O–H groups in total. The van der Waals surface area contributed by atoms with Crippen LogP contribution in [0.1, 0.15) is 30.0 Å². The summed E-state index contributed by atoms with van der Waals surface area (Å²) in [6.07, 6.45) is 1.01. The predicted molar refractivity (Wildman–Crippen MR) is 109 cm³/mol. The number of sulfonamides is 1. The third kappa shape index (κ3) is 4.29. The maximum absolute atomic E-state index is 13.3. The maximum Gasteiger partial charge on any atom is 0.243 e. The van der Waals surface area contributed by atoms with Crippen LogP contribution >= 0.6 is 0 Å². The van der Waals surface area contributed by atoms with Crippen molar-refractivity contribution >= 4 is 21.6 Å². The molecule has 0 radical (unpaired) electrons. The number of morpholine rings is 1. The lowest BCUT2D eigenvalue weighted by molar-refractivity contribution is -0.119. The number of ether oxygens (including phenoxy) is 1. The molecule has 1 amide bonds. The second-order valence-corrected chi connectivity index (χ2v) is 9.25. The third-order valence-corrected chi connectivity index (χ3v) is 6.92. The number of amides is 1. The Morgan fingerprint density at radius 3 is 2.77 bits per heavy atom. The fraction of sp³-hybridized carbons (Fsp3) is 0.350. The van der Waals surface area contributed by atoms with E-state index in [1.54, 1.807) is 10.7 Å². The zero-order valence-electron chi connectivity index (χ0n) is 17.1. The van der Waals surface area contributed by atoms with E-state index in [1.165, 1.54) is 23.4 Å². The minimum absolute atomic E-state index is 0.0165. The Balaban J connectivity index is 1.71. The number of hydrogen-bond acceptors (Lipinski definition) is 6. The molecule has 3 heterocycles. The molecule has 0 unspecified atom stereocenters. The summed E-state index contributed by atoms with van der Waals surface area (Å²) >= 11 is 0. The highest BCUT2D eigenvalue weighted by atomic mass is 32.2. The summed E-state index contributed by atoms with van der Waals surface area (Å²) in [5.74, 6) is -0.706. The van der Waals surface area contributed by atoms with Gasteiger partial charge in [0, 0.05) is 44.4 Å². The first-order chi connectivity index (χ1) is 14.8. The number of carbonyl (C=O) groups excluding carboxylic acids is 1. The van der Waals surface area contributed by atoms with Crippen LogP contribution in [0.4, 0.5) is 4.39 Å². The highest BCUT2D eigenvalue weighted by molar-refractivity contribution is 7.89. The van der Waals surface area contributed by atoms with E-state index in [2.05, 4.69) is 15.4 Å². The Morgan fingerprint density at radius 2 is 2.06 bits per heavy atom. The van der Waals surface area contributed by atoms with Crippen molar-refractivity contribution in [3.8, 4) is 0 Å².